The van der Waals surface area contributed by atoms with Crippen LogP contribution in [0.5, 0.6) is 0 Å². The van der Waals surface area contributed by atoms with Crippen molar-refractivity contribution in [1.29, 1.82) is 0 Å². The molecular weight excluding hydrogens is 324 g/mol. The molecule has 0 saturated carbocycles. The molecule has 0 unspecified atom stereocenters. The number of aromatic nitrogens is 3. The van der Waals surface area contributed by atoms with Crippen LogP contribution in [-0.2, 0) is 6.54 Å². The summed E-state index contributed by atoms with van der Waals surface area (Å²) in [7, 11) is 0. The van der Waals surface area contributed by atoms with E-state index in [2.05, 4.69) is 62.4 Å². The van der Waals surface area contributed by atoms with Gasteiger partial charge in [-0.2, -0.15) is 5.10 Å². The van der Waals surface area contributed by atoms with Gasteiger partial charge in [-0.1, -0.05) is 41.5 Å². The van der Waals surface area contributed by atoms with E-state index < -0.39 is 0 Å². The van der Waals surface area contributed by atoms with E-state index in [1.54, 1.807) is 11.8 Å². The molecule has 19 heavy (non-hydrogen) atoms. The molecule has 1 heterocycles. The molecule has 102 valence electrons. The van der Waals surface area contributed by atoms with Crippen LogP contribution in [0.1, 0.15) is 19.4 Å². The predicted octanol–water partition coefficient (Wildman–Crippen LogP) is 3.46. The van der Waals surface area contributed by atoms with Crippen molar-refractivity contribution in [1.82, 2.24) is 20.5 Å². The Morgan fingerprint density at radius 3 is 2.95 bits per heavy atom. The van der Waals surface area contributed by atoms with Crippen LogP contribution in [0, 0.1) is 5.92 Å². The summed E-state index contributed by atoms with van der Waals surface area (Å²) in [5, 5.41) is 11.0. The third-order valence-corrected chi connectivity index (χ3v) is 3.99. The Morgan fingerprint density at radius 2 is 2.26 bits per heavy atom. The van der Waals surface area contributed by atoms with Gasteiger partial charge in [-0.05, 0) is 36.2 Å². The molecule has 2 aromatic rings. The molecule has 2 rings (SSSR count). The third-order valence-electron chi connectivity index (χ3n) is 2.49. The quantitative estimate of drug-likeness (QED) is 0.845. The average molecular weight is 341 g/mol. The Bertz CT molecular complexity index is 513. The molecule has 0 amide bonds. The number of benzene rings is 1. The summed E-state index contributed by atoms with van der Waals surface area (Å²) in [5.74, 6) is 0.650. The number of hydrogen-bond donors (Lipinski definition) is 2. The maximum atomic E-state index is 4.15. The Morgan fingerprint density at radius 1 is 1.42 bits per heavy atom. The normalized spacial score (nSPS) is 11.2. The van der Waals surface area contributed by atoms with Gasteiger partial charge >= 0.3 is 0 Å². The lowest BCUT2D eigenvalue weighted by molar-refractivity contribution is 0.550. The van der Waals surface area contributed by atoms with Crippen molar-refractivity contribution < 1.29 is 0 Å². The van der Waals surface area contributed by atoms with Gasteiger partial charge in [-0.15, -0.1) is 0 Å². The topological polar surface area (TPSA) is 53.6 Å². The molecule has 0 aliphatic carbocycles. The van der Waals surface area contributed by atoms with Crippen molar-refractivity contribution >= 4 is 27.7 Å². The SMILES string of the molecule is CC(C)CNCc1cc(Br)ccc1Sc1ncn[nH]1. The summed E-state index contributed by atoms with van der Waals surface area (Å²) in [6, 6.07) is 6.29. The van der Waals surface area contributed by atoms with Crippen molar-refractivity contribution in [2.24, 2.45) is 5.92 Å². The Hall–Kier alpha value is -0.850. The average Bonchev–Trinajstić information content (AvgIpc) is 2.85. The molecule has 6 heteroatoms. The molecule has 0 radical (unpaired) electrons. The number of nitrogens with one attached hydrogen (secondary N) is 2. The zero-order valence-corrected chi connectivity index (χ0v) is 13.4. The Balaban J connectivity index is 2.08. The molecular formula is C13H17BrN4S. The molecule has 0 atom stereocenters. The highest BCUT2D eigenvalue weighted by Crippen LogP contribution is 2.29. The van der Waals surface area contributed by atoms with E-state index in [1.165, 1.54) is 16.8 Å². The van der Waals surface area contributed by atoms with E-state index in [0.717, 1.165) is 22.7 Å². The van der Waals surface area contributed by atoms with Gasteiger partial charge in [-0.3, -0.25) is 5.10 Å². The second-order valence-corrected chi connectivity index (χ2v) is 6.62. The Labute approximate surface area is 125 Å². The first kappa shape index (κ1) is 14.6. The number of hydrogen-bond acceptors (Lipinski definition) is 4. The fourth-order valence-corrected chi connectivity index (χ4v) is 2.84. The zero-order chi connectivity index (χ0) is 13.7. The lowest BCUT2D eigenvalue weighted by Gasteiger charge is -2.11. The number of H-pyrrole nitrogens is 1. The minimum atomic E-state index is 0.650. The lowest BCUT2D eigenvalue weighted by Crippen LogP contribution is -2.19. The van der Waals surface area contributed by atoms with Gasteiger partial charge in [0.25, 0.3) is 0 Å². The van der Waals surface area contributed by atoms with Crippen LogP contribution >= 0.6 is 27.7 Å². The van der Waals surface area contributed by atoms with Gasteiger partial charge in [0, 0.05) is 15.9 Å². The second kappa shape index (κ2) is 7.07. The minimum Gasteiger partial charge on any atom is -0.312 e. The Kier molecular flexibility index (Phi) is 5.42. The van der Waals surface area contributed by atoms with Crippen molar-refractivity contribution in [3.8, 4) is 0 Å². The van der Waals surface area contributed by atoms with Crippen molar-refractivity contribution in [2.45, 2.75) is 30.4 Å². The van der Waals surface area contributed by atoms with Gasteiger partial charge in [0.15, 0.2) is 5.16 Å². The molecule has 1 aromatic heterocycles. The third kappa shape index (κ3) is 4.63. The highest BCUT2D eigenvalue weighted by atomic mass is 79.9. The smallest absolute Gasteiger partial charge is 0.188 e. The molecule has 0 saturated heterocycles. The summed E-state index contributed by atoms with van der Waals surface area (Å²) in [6.45, 7) is 6.28. The van der Waals surface area contributed by atoms with Crippen LogP contribution in [0.25, 0.3) is 0 Å². The molecule has 4 nitrogen and oxygen atoms in total. The molecule has 0 spiro atoms. The summed E-state index contributed by atoms with van der Waals surface area (Å²) in [5.41, 5.74) is 1.26. The van der Waals surface area contributed by atoms with E-state index >= 15 is 0 Å². The largest absolute Gasteiger partial charge is 0.312 e. The maximum absolute atomic E-state index is 4.15. The van der Waals surface area contributed by atoms with Crippen LogP contribution in [0.3, 0.4) is 0 Å². The number of rotatable bonds is 6. The van der Waals surface area contributed by atoms with E-state index in [0.29, 0.717) is 5.92 Å². The maximum Gasteiger partial charge on any atom is 0.188 e. The number of aromatic amines is 1. The molecule has 0 aliphatic rings. The first-order valence-electron chi connectivity index (χ1n) is 6.17. The van der Waals surface area contributed by atoms with Crippen molar-refractivity contribution in [3.63, 3.8) is 0 Å². The monoisotopic (exact) mass is 340 g/mol. The van der Waals surface area contributed by atoms with Gasteiger partial charge in [-0.25, -0.2) is 4.98 Å². The summed E-state index contributed by atoms with van der Waals surface area (Å²) in [4.78, 5) is 5.34. The van der Waals surface area contributed by atoms with E-state index in [1.807, 2.05) is 6.07 Å². The first-order valence-corrected chi connectivity index (χ1v) is 7.78. The summed E-state index contributed by atoms with van der Waals surface area (Å²) < 4.78 is 1.09. The van der Waals surface area contributed by atoms with Gasteiger partial charge in [0.2, 0.25) is 0 Å². The second-order valence-electron chi connectivity index (χ2n) is 4.67. The predicted molar refractivity (Wildman–Crippen MR) is 81.2 cm³/mol. The molecule has 0 bridgehead atoms. The molecule has 0 aliphatic heterocycles. The number of halogens is 1. The molecule has 1 aromatic carbocycles. The summed E-state index contributed by atoms with van der Waals surface area (Å²) in [6.07, 6.45) is 1.53. The van der Waals surface area contributed by atoms with Crippen LogP contribution < -0.4 is 5.32 Å². The first-order chi connectivity index (χ1) is 9.15. The van der Waals surface area contributed by atoms with Crippen LogP contribution in [0.2, 0.25) is 0 Å². The van der Waals surface area contributed by atoms with E-state index in [9.17, 15) is 0 Å². The lowest BCUT2D eigenvalue weighted by atomic mass is 10.2. The van der Waals surface area contributed by atoms with Crippen LogP contribution in [0.4, 0.5) is 0 Å². The summed E-state index contributed by atoms with van der Waals surface area (Å²) >= 11 is 5.12. The van der Waals surface area contributed by atoms with E-state index in [-0.39, 0.29) is 0 Å². The fourth-order valence-electron chi connectivity index (χ4n) is 1.63. The highest BCUT2D eigenvalue weighted by molar-refractivity contribution is 9.10. The highest BCUT2D eigenvalue weighted by Gasteiger charge is 2.07. The molecule has 2 N–H and O–H groups in total. The number of nitrogens with zero attached hydrogens (tertiary/aromatic N) is 2. The van der Waals surface area contributed by atoms with Crippen molar-refractivity contribution in [3.05, 3.63) is 34.6 Å². The van der Waals surface area contributed by atoms with Crippen LogP contribution in [-0.4, -0.2) is 21.7 Å². The van der Waals surface area contributed by atoms with Gasteiger partial charge < -0.3 is 5.32 Å². The van der Waals surface area contributed by atoms with Gasteiger partial charge in [0.05, 0.1) is 0 Å². The van der Waals surface area contributed by atoms with Gasteiger partial charge in [0.1, 0.15) is 6.33 Å². The molecule has 0 fully saturated rings. The standard InChI is InChI=1S/C13H17BrN4S/c1-9(2)6-15-7-10-5-11(14)3-4-12(10)19-13-16-8-17-18-13/h3-5,8-9,15H,6-7H2,1-2H3,(H,16,17,18). The van der Waals surface area contributed by atoms with Crippen molar-refractivity contribution in [2.75, 3.05) is 6.54 Å². The minimum absolute atomic E-state index is 0.650. The van der Waals surface area contributed by atoms with E-state index in [4.69, 9.17) is 0 Å². The fraction of sp³-hybridized carbons (Fsp3) is 0.385. The van der Waals surface area contributed by atoms with Crippen LogP contribution in [0.15, 0.2) is 39.1 Å². The zero-order valence-electron chi connectivity index (χ0n) is 11.0.